The topological polar surface area (TPSA) is 55.6 Å². The van der Waals surface area contributed by atoms with Gasteiger partial charge in [-0.1, -0.05) is 6.07 Å². The van der Waals surface area contributed by atoms with Crippen LogP contribution in [-0.2, 0) is 0 Å². The molecule has 4 nitrogen and oxygen atoms in total. The van der Waals surface area contributed by atoms with E-state index in [-0.39, 0.29) is 35.7 Å². The number of benzene rings is 1. The Morgan fingerprint density at radius 1 is 1.58 bits per heavy atom. The Labute approximate surface area is 118 Å². The molecule has 1 aliphatic rings. The van der Waals surface area contributed by atoms with E-state index in [0.29, 0.717) is 19.7 Å². The molecule has 0 unspecified atom stereocenters. The maximum atomic E-state index is 13.6. The van der Waals surface area contributed by atoms with Crippen molar-refractivity contribution in [3.8, 4) is 5.75 Å². The maximum absolute atomic E-state index is 13.6. The van der Waals surface area contributed by atoms with Gasteiger partial charge >= 0.3 is 0 Å². The summed E-state index contributed by atoms with van der Waals surface area (Å²) < 4.78 is 18.9. The van der Waals surface area contributed by atoms with E-state index in [4.69, 9.17) is 10.5 Å². The standard InChI is InChI=1S/C13H17FN2O2.ClH/c1-2-18-12-10(4-3-5-11(12)14)13(17)16-7-6-9(15)8-16;/h3-5,9H,2,6-8,15H2,1H3;1H/t9-;/m1./s1. The highest BCUT2D eigenvalue weighted by atomic mass is 35.5. The van der Waals surface area contributed by atoms with Crippen LogP contribution in [0.4, 0.5) is 4.39 Å². The molecule has 0 saturated carbocycles. The van der Waals surface area contributed by atoms with Crippen LogP contribution in [0.2, 0.25) is 0 Å². The first-order chi connectivity index (χ1) is 8.63. The van der Waals surface area contributed by atoms with Gasteiger partial charge in [-0.25, -0.2) is 4.39 Å². The van der Waals surface area contributed by atoms with E-state index in [9.17, 15) is 9.18 Å². The molecule has 0 spiro atoms. The van der Waals surface area contributed by atoms with E-state index in [1.807, 2.05) is 0 Å². The van der Waals surface area contributed by atoms with Gasteiger partial charge in [0.25, 0.3) is 5.91 Å². The van der Waals surface area contributed by atoms with Gasteiger partial charge in [-0.3, -0.25) is 4.79 Å². The Bertz CT molecular complexity index is 456. The van der Waals surface area contributed by atoms with E-state index in [0.717, 1.165) is 6.42 Å². The summed E-state index contributed by atoms with van der Waals surface area (Å²) in [6.45, 7) is 3.20. The van der Waals surface area contributed by atoms with Crippen LogP contribution in [0.5, 0.6) is 5.75 Å². The molecule has 1 aromatic rings. The molecule has 0 bridgehead atoms. The SMILES string of the molecule is CCOc1c(F)cccc1C(=O)N1CC[C@@H](N)C1.Cl. The van der Waals surface area contributed by atoms with Gasteiger partial charge in [-0.2, -0.15) is 0 Å². The lowest BCUT2D eigenvalue weighted by atomic mass is 10.1. The minimum Gasteiger partial charge on any atom is -0.490 e. The van der Waals surface area contributed by atoms with Gasteiger partial charge in [0.2, 0.25) is 0 Å². The first-order valence-electron chi connectivity index (χ1n) is 6.09. The average molecular weight is 289 g/mol. The molecule has 1 amide bonds. The molecule has 2 rings (SSSR count). The highest BCUT2D eigenvalue weighted by Gasteiger charge is 2.27. The van der Waals surface area contributed by atoms with E-state index >= 15 is 0 Å². The molecule has 0 aromatic heterocycles. The zero-order valence-corrected chi connectivity index (χ0v) is 11.6. The molecule has 1 aromatic carbocycles. The molecule has 1 saturated heterocycles. The summed E-state index contributed by atoms with van der Waals surface area (Å²) in [5.74, 6) is -0.692. The number of hydrogen-bond donors (Lipinski definition) is 1. The smallest absolute Gasteiger partial charge is 0.257 e. The minimum absolute atomic E-state index is 0. The van der Waals surface area contributed by atoms with Crippen molar-refractivity contribution in [2.75, 3.05) is 19.7 Å². The number of nitrogens with zero attached hydrogens (tertiary/aromatic N) is 1. The quantitative estimate of drug-likeness (QED) is 0.923. The van der Waals surface area contributed by atoms with Gasteiger partial charge < -0.3 is 15.4 Å². The van der Waals surface area contributed by atoms with Gasteiger partial charge in [0.1, 0.15) is 0 Å². The number of hydrogen-bond acceptors (Lipinski definition) is 3. The van der Waals surface area contributed by atoms with Crippen molar-refractivity contribution in [2.24, 2.45) is 5.73 Å². The van der Waals surface area contributed by atoms with Crippen LogP contribution in [0.1, 0.15) is 23.7 Å². The molecule has 1 atom stereocenters. The number of amides is 1. The molecule has 0 aliphatic carbocycles. The van der Waals surface area contributed by atoms with Crippen molar-refractivity contribution in [1.82, 2.24) is 4.90 Å². The van der Waals surface area contributed by atoms with Gasteiger partial charge in [-0.15, -0.1) is 12.4 Å². The summed E-state index contributed by atoms with van der Waals surface area (Å²) in [6.07, 6.45) is 0.783. The second-order valence-electron chi connectivity index (χ2n) is 4.35. The molecule has 6 heteroatoms. The predicted octanol–water partition coefficient (Wildman–Crippen LogP) is 1.82. The molecule has 2 N–H and O–H groups in total. The highest BCUT2D eigenvalue weighted by molar-refractivity contribution is 5.97. The number of carbonyl (C=O) groups is 1. The summed E-state index contributed by atoms with van der Waals surface area (Å²) in [7, 11) is 0. The lowest BCUT2D eigenvalue weighted by molar-refractivity contribution is 0.0785. The average Bonchev–Trinajstić information content (AvgIpc) is 2.78. The fourth-order valence-corrected chi connectivity index (χ4v) is 2.11. The third kappa shape index (κ3) is 3.36. The van der Waals surface area contributed by atoms with Gasteiger partial charge in [-0.05, 0) is 25.5 Å². The van der Waals surface area contributed by atoms with Crippen molar-refractivity contribution in [1.29, 1.82) is 0 Å². The first-order valence-corrected chi connectivity index (χ1v) is 6.09. The lowest BCUT2D eigenvalue weighted by Gasteiger charge is -2.18. The molecule has 19 heavy (non-hydrogen) atoms. The summed E-state index contributed by atoms with van der Waals surface area (Å²) in [4.78, 5) is 13.9. The summed E-state index contributed by atoms with van der Waals surface area (Å²) in [6, 6.07) is 4.40. The van der Waals surface area contributed by atoms with Crippen molar-refractivity contribution in [3.63, 3.8) is 0 Å². The Hall–Kier alpha value is -1.33. The molecule has 0 radical (unpaired) electrons. The van der Waals surface area contributed by atoms with Crippen molar-refractivity contribution in [2.45, 2.75) is 19.4 Å². The number of ether oxygens (including phenoxy) is 1. The van der Waals surface area contributed by atoms with Crippen LogP contribution in [-0.4, -0.2) is 36.5 Å². The Balaban J connectivity index is 0.00000180. The summed E-state index contributed by atoms with van der Waals surface area (Å²) in [5, 5.41) is 0. The Kier molecular flexibility index (Phi) is 5.57. The molecule has 1 aliphatic heterocycles. The Morgan fingerprint density at radius 3 is 2.89 bits per heavy atom. The molecule has 1 heterocycles. The molecule has 1 fully saturated rings. The zero-order valence-electron chi connectivity index (χ0n) is 10.8. The fraction of sp³-hybridized carbons (Fsp3) is 0.462. The van der Waals surface area contributed by atoms with E-state index in [1.54, 1.807) is 17.9 Å². The number of para-hydroxylation sites is 1. The number of rotatable bonds is 3. The van der Waals surface area contributed by atoms with Crippen LogP contribution in [0.3, 0.4) is 0 Å². The monoisotopic (exact) mass is 288 g/mol. The maximum Gasteiger partial charge on any atom is 0.257 e. The Morgan fingerprint density at radius 2 is 2.32 bits per heavy atom. The van der Waals surface area contributed by atoms with E-state index in [2.05, 4.69) is 0 Å². The lowest BCUT2D eigenvalue weighted by Crippen LogP contribution is -2.32. The fourth-order valence-electron chi connectivity index (χ4n) is 2.11. The number of halogens is 2. The molecular formula is C13H18ClFN2O2. The highest BCUT2D eigenvalue weighted by Crippen LogP contribution is 2.25. The van der Waals surface area contributed by atoms with Crippen LogP contribution < -0.4 is 10.5 Å². The number of nitrogens with two attached hydrogens (primary N) is 1. The van der Waals surface area contributed by atoms with Crippen LogP contribution >= 0.6 is 12.4 Å². The third-order valence-corrected chi connectivity index (χ3v) is 3.00. The van der Waals surface area contributed by atoms with Gasteiger partial charge in [0.05, 0.1) is 12.2 Å². The van der Waals surface area contributed by atoms with E-state index in [1.165, 1.54) is 12.1 Å². The zero-order chi connectivity index (χ0) is 13.1. The van der Waals surface area contributed by atoms with Crippen molar-refractivity contribution < 1.29 is 13.9 Å². The minimum atomic E-state index is -0.508. The van der Waals surface area contributed by atoms with Crippen molar-refractivity contribution in [3.05, 3.63) is 29.6 Å². The van der Waals surface area contributed by atoms with Gasteiger partial charge in [0, 0.05) is 19.1 Å². The third-order valence-electron chi connectivity index (χ3n) is 3.00. The van der Waals surface area contributed by atoms with Gasteiger partial charge in [0.15, 0.2) is 11.6 Å². The summed E-state index contributed by atoms with van der Waals surface area (Å²) in [5.41, 5.74) is 6.04. The predicted molar refractivity (Wildman–Crippen MR) is 73.3 cm³/mol. The normalized spacial score (nSPS) is 18.1. The number of carbonyl (C=O) groups excluding carboxylic acids is 1. The second kappa shape index (κ2) is 6.73. The van der Waals surface area contributed by atoms with E-state index < -0.39 is 5.82 Å². The van der Waals surface area contributed by atoms with Crippen LogP contribution in [0.15, 0.2) is 18.2 Å². The summed E-state index contributed by atoms with van der Waals surface area (Å²) >= 11 is 0. The molecular weight excluding hydrogens is 271 g/mol. The second-order valence-corrected chi connectivity index (χ2v) is 4.35. The van der Waals surface area contributed by atoms with Crippen LogP contribution in [0, 0.1) is 5.82 Å². The van der Waals surface area contributed by atoms with Crippen LogP contribution in [0.25, 0.3) is 0 Å². The molecule has 106 valence electrons. The van der Waals surface area contributed by atoms with Crippen molar-refractivity contribution >= 4 is 18.3 Å². The first kappa shape index (κ1) is 15.7. The number of likely N-dealkylation sites (tertiary alicyclic amines) is 1. The largest absolute Gasteiger partial charge is 0.490 e.